The van der Waals surface area contributed by atoms with Gasteiger partial charge in [-0.05, 0) is 5.56 Å². The minimum atomic E-state index is -0.515. The lowest BCUT2D eigenvalue weighted by atomic mass is 9.83. The monoisotopic (exact) mass is 296 g/mol. The molecule has 1 aromatic heterocycles. The molecule has 2 aromatic rings. The van der Waals surface area contributed by atoms with Gasteiger partial charge in [-0.1, -0.05) is 30.3 Å². The quantitative estimate of drug-likeness (QED) is 0.669. The van der Waals surface area contributed by atoms with E-state index in [-0.39, 0.29) is 18.1 Å². The number of esters is 1. The van der Waals surface area contributed by atoms with Gasteiger partial charge in [0.15, 0.2) is 0 Å². The zero-order valence-electron chi connectivity index (χ0n) is 11.4. The second kappa shape index (κ2) is 4.45. The van der Waals surface area contributed by atoms with E-state index in [1.807, 2.05) is 30.3 Å². The topological polar surface area (TPSA) is 110 Å². The fourth-order valence-corrected chi connectivity index (χ4v) is 2.94. The third kappa shape index (κ3) is 1.72. The lowest BCUT2D eigenvalue weighted by molar-refractivity contribution is -0.136. The molecule has 0 aliphatic carbocycles. The molecule has 1 aromatic carbocycles. The highest BCUT2D eigenvalue weighted by atomic mass is 16.5. The van der Waals surface area contributed by atoms with Gasteiger partial charge in [0.05, 0.1) is 22.8 Å². The lowest BCUT2D eigenvalue weighted by Crippen LogP contribution is -2.29. The molecule has 7 heteroatoms. The Morgan fingerprint density at radius 3 is 2.77 bits per heavy atom. The van der Waals surface area contributed by atoms with Gasteiger partial charge < -0.3 is 15.8 Å². The molecule has 4 N–H and O–H groups in total. The van der Waals surface area contributed by atoms with E-state index in [1.165, 1.54) is 0 Å². The van der Waals surface area contributed by atoms with Crippen molar-refractivity contribution in [1.29, 1.82) is 0 Å². The minimum absolute atomic E-state index is 0.0253. The number of carbonyl (C=O) groups excluding carboxylic acids is 1. The Morgan fingerprint density at radius 1 is 1.23 bits per heavy atom. The fourth-order valence-electron chi connectivity index (χ4n) is 2.94. The van der Waals surface area contributed by atoms with Gasteiger partial charge in [-0.15, -0.1) is 0 Å². The van der Waals surface area contributed by atoms with Crippen LogP contribution in [-0.2, 0) is 9.53 Å². The highest BCUT2D eigenvalue weighted by molar-refractivity contribution is 5.96. The zero-order chi connectivity index (χ0) is 15.3. The van der Waals surface area contributed by atoms with Crippen LogP contribution in [0.3, 0.4) is 0 Å². The van der Waals surface area contributed by atoms with E-state index in [2.05, 4.69) is 15.3 Å². The number of nitrogens with one attached hydrogen (secondary N) is 2. The largest absolute Gasteiger partial charge is 0.456 e. The molecule has 22 heavy (non-hydrogen) atoms. The smallest absolute Gasteiger partial charge is 0.337 e. The maximum Gasteiger partial charge on any atom is 0.337 e. The first-order valence-corrected chi connectivity index (χ1v) is 6.77. The van der Waals surface area contributed by atoms with E-state index in [9.17, 15) is 9.59 Å². The number of ether oxygens (including phenoxy) is 1. The molecule has 0 saturated heterocycles. The molecule has 7 nitrogen and oxygen atoms in total. The molecule has 2 aliphatic heterocycles. The van der Waals surface area contributed by atoms with Crippen molar-refractivity contribution in [2.45, 2.75) is 5.92 Å². The maximum atomic E-state index is 12.4. The maximum absolute atomic E-state index is 12.4. The highest BCUT2D eigenvalue weighted by Gasteiger charge is 2.40. The van der Waals surface area contributed by atoms with Crippen molar-refractivity contribution < 1.29 is 9.53 Å². The van der Waals surface area contributed by atoms with Crippen molar-refractivity contribution in [3.63, 3.8) is 0 Å². The summed E-state index contributed by atoms with van der Waals surface area (Å²) < 4.78 is 5.11. The normalized spacial score (nSPS) is 19.3. The molecule has 1 atom stereocenters. The predicted molar refractivity (Wildman–Crippen MR) is 79.2 cm³/mol. The van der Waals surface area contributed by atoms with E-state index < -0.39 is 11.9 Å². The third-order valence-corrected chi connectivity index (χ3v) is 3.85. The summed E-state index contributed by atoms with van der Waals surface area (Å²) in [5.74, 6) is -0.540. The number of aromatic amines is 1. The molecule has 110 valence electrons. The number of nitrogens with zero attached hydrogens (tertiary/aromatic N) is 1. The van der Waals surface area contributed by atoms with Crippen LogP contribution in [0.2, 0.25) is 0 Å². The van der Waals surface area contributed by atoms with Crippen LogP contribution < -0.4 is 16.6 Å². The first-order chi connectivity index (χ1) is 10.6. The van der Waals surface area contributed by atoms with Gasteiger partial charge in [0, 0.05) is 0 Å². The average molecular weight is 296 g/mol. The van der Waals surface area contributed by atoms with Gasteiger partial charge in [-0.25, -0.2) is 4.79 Å². The fraction of sp³-hybridized carbons (Fsp3) is 0.133. The number of nitrogens with two attached hydrogens (primary N) is 1. The number of anilines is 2. The highest BCUT2D eigenvalue weighted by Crippen LogP contribution is 2.41. The van der Waals surface area contributed by atoms with Crippen LogP contribution in [0.1, 0.15) is 17.0 Å². The number of nitrogen functional groups attached to an aromatic ring is 1. The predicted octanol–water partition coefficient (Wildman–Crippen LogP) is 0.720. The summed E-state index contributed by atoms with van der Waals surface area (Å²) >= 11 is 0. The van der Waals surface area contributed by atoms with E-state index in [0.29, 0.717) is 22.7 Å². The van der Waals surface area contributed by atoms with Crippen molar-refractivity contribution in [3.05, 3.63) is 63.1 Å². The Labute approximate surface area is 124 Å². The Bertz CT molecular complexity index is 870. The van der Waals surface area contributed by atoms with E-state index in [0.717, 1.165) is 5.56 Å². The van der Waals surface area contributed by atoms with Gasteiger partial charge in [0.1, 0.15) is 12.4 Å². The van der Waals surface area contributed by atoms with Gasteiger partial charge in [-0.2, -0.15) is 4.98 Å². The number of H-pyrrole nitrogens is 1. The zero-order valence-corrected chi connectivity index (χ0v) is 11.4. The average Bonchev–Trinajstić information content (AvgIpc) is 2.87. The van der Waals surface area contributed by atoms with Crippen molar-refractivity contribution in [2.75, 3.05) is 17.7 Å². The van der Waals surface area contributed by atoms with Crippen LogP contribution in [0.4, 0.5) is 11.8 Å². The van der Waals surface area contributed by atoms with Crippen LogP contribution in [0.15, 0.2) is 46.4 Å². The molecule has 0 amide bonds. The molecule has 3 heterocycles. The second-order valence-corrected chi connectivity index (χ2v) is 5.15. The standard InChI is InChI=1S/C15H12N4O3/c16-15-18-12-11(13(20)19-15)9(7-4-2-1-3-5-7)10-8(17-12)6-22-14(10)21/h1-5,9H,6H2,(H4,16,17,18,19,20). The summed E-state index contributed by atoms with van der Waals surface area (Å²) in [5.41, 5.74) is 7.53. The van der Waals surface area contributed by atoms with Gasteiger partial charge in [0.2, 0.25) is 5.95 Å². The van der Waals surface area contributed by atoms with E-state index in [4.69, 9.17) is 10.5 Å². The molecule has 2 aliphatic rings. The van der Waals surface area contributed by atoms with Gasteiger partial charge in [0.25, 0.3) is 5.56 Å². The Morgan fingerprint density at radius 2 is 2.00 bits per heavy atom. The second-order valence-electron chi connectivity index (χ2n) is 5.15. The summed E-state index contributed by atoms with van der Waals surface area (Å²) in [5, 5.41) is 2.99. The van der Waals surface area contributed by atoms with Crippen LogP contribution in [0, 0.1) is 0 Å². The molecule has 4 rings (SSSR count). The SMILES string of the molecule is Nc1nc2c(c(=O)[nH]1)C(c1ccccc1)C1=C(COC1=O)N2. The molecule has 0 spiro atoms. The number of rotatable bonds is 1. The summed E-state index contributed by atoms with van der Waals surface area (Å²) in [6.45, 7) is 0.144. The van der Waals surface area contributed by atoms with Crippen molar-refractivity contribution in [2.24, 2.45) is 0 Å². The summed E-state index contributed by atoms with van der Waals surface area (Å²) in [7, 11) is 0. The number of hydrogen-bond donors (Lipinski definition) is 3. The van der Waals surface area contributed by atoms with Crippen LogP contribution >= 0.6 is 0 Å². The molecule has 0 fully saturated rings. The number of hydrogen-bond acceptors (Lipinski definition) is 6. The summed E-state index contributed by atoms with van der Waals surface area (Å²) in [6, 6.07) is 9.32. The van der Waals surface area contributed by atoms with Crippen LogP contribution in [0.5, 0.6) is 0 Å². The number of aromatic nitrogens is 2. The van der Waals surface area contributed by atoms with Crippen LogP contribution in [-0.4, -0.2) is 22.5 Å². The molecule has 1 unspecified atom stereocenters. The molecular weight excluding hydrogens is 284 g/mol. The Hall–Kier alpha value is -3.09. The molecular formula is C15H12N4O3. The van der Waals surface area contributed by atoms with Gasteiger partial charge >= 0.3 is 5.97 Å². The molecule has 0 saturated carbocycles. The lowest BCUT2D eigenvalue weighted by Gasteiger charge is -2.25. The van der Waals surface area contributed by atoms with Crippen molar-refractivity contribution in [1.82, 2.24) is 9.97 Å². The first-order valence-electron chi connectivity index (χ1n) is 6.77. The number of fused-ring (bicyclic) bond motifs is 1. The molecule has 0 radical (unpaired) electrons. The molecule has 0 bridgehead atoms. The summed E-state index contributed by atoms with van der Waals surface area (Å²) in [4.78, 5) is 31.1. The van der Waals surface area contributed by atoms with Gasteiger partial charge in [-0.3, -0.25) is 9.78 Å². The van der Waals surface area contributed by atoms with E-state index >= 15 is 0 Å². The van der Waals surface area contributed by atoms with Crippen LogP contribution in [0.25, 0.3) is 0 Å². The van der Waals surface area contributed by atoms with Crippen molar-refractivity contribution >= 4 is 17.7 Å². The number of benzene rings is 1. The van der Waals surface area contributed by atoms with Crippen molar-refractivity contribution in [3.8, 4) is 0 Å². The first kappa shape index (κ1) is 12.6. The van der Waals surface area contributed by atoms with E-state index in [1.54, 1.807) is 0 Å². The Kier molecular flexibility index (Phi) is 2.56. The third-order valence-electron chi connectivity index (χ3n) is 3.85. The summed E-state index contributed by atoms with van der Waals surface area (Å²) in [6.07, 6.45) is 0. The Balaban J connectivity index is 2.01. The number of cyclic esters (lactones) is 1. The minimum Gasteiger partial charge on any atom is -0.456 e. The number of carbonyl (C=O) groups is 1.